The van der Waals surface area contributed by atoms with Crippen LogP contribution in [0.4, 0.5) is 5.69 Å². The van der Waals surface area contributed by atoms with Crippen molar-refractivity contribution in [3.8, 4) is 0 Å². The zero-order valence-corrected chi connectivity index (χ0v) is 16.5. The van der Waals surface area contributed by atoms with E-state index in [0.717, 1.165) is 28.5 Å². The van der Waals surface area contributed by atoms with Gasteiger partial charge in [0, 0.05) is 10.9 Å². The fraction of sp³-hybridized carbons (Fsp3) is 0.160. The second-order valence-electron chi connectivity index (χ2n) is 8.13. The maximum atomic E-state index is 13.7. The smallest absolute Gasteiger partial charge is 0.239 e. The fourth-order valence-electron chi connectivity index (χ4n) is 5.88. The van der Waals surface area contributed by atoms with E-state index in [-0.39, 0.29) is 17.7 Å². The van der Waals surface area contributed by atoms with Crippen LogP contribution in [0.5, 0.6) is 0 Å². The Morgan fingerprint density at radius 1 is 0.800 bits per heavy atom. The van der Waals surface area contributed by atoms with Gasteiger partial charge in [0.1, 0.15) is 6.29 Å². The van der Waals surface area contributed by atoms with Gasteiger partial charge in [0.25, 0.3) is 0 Å². The molecule has 0 N–H and O–H groups in total. The normalized spacial score (nSPS) is 28.2. The molecule has 4 aliphatic rings. The number of halogens is 1. The fourth-order valence-corrected chi connectivity index (χ4v) is 6.00. The van der Waals surface area contributed by atoms with Gasteiger partial charge in [0.15, 0.2) is 0 Å². The van der Waals surface area contributed by atoms with Crippen LogP contribution in [0.25, 0.3) is 0 Å². The molecule has 3 aromatic carbocycles. The standard InChI is InChI=1S/C25H16ClNO3/c26-14-9-11-15(12-10-14)27-23(29)21-20-16-5-1-3-7-18(16)25(13-28,22(21)24(27)30)19-8-4-2-6-17(19)20/h1-13,20-22H/t20?,21-,22-,25?/m1/s1. The van der Waals surface area contributed by atoms with Crippen molar-refractivity contribution < 1.29 is 14.4 Å². The third-order valence-corrected chi connectivity index (χ3v) is 7.21. The minimum absolute atomic E-state index is 0.252. The number of hydrogen-bond donors (Lipinski definition) is 0. The Hall–Kier alpha value is -3.24. The lowest BCUT2D eigenvalue weighted by Gasteiger charge is -2.51. The molecule has 0 saturated carbocycles. The molecule has 2 atom stereocenters. The number of anilines is 1. The van der Waals surface area contributed by atoms with Crippen molar-refractivity contribution in [2.75, 3.05) is 4.90 Å². The van der Waals surface area contributed by atoms with Gasteiger partial charge in [-0.15, -0.1) is 0 Å². The molecule has 0 radical (unpaired) electrons. The maximum Gasteiger partial charge on any atom is 0.239 e. The maximum absolute atomic E-state index is 13.7. The Labute approximate surface area is 178 Å². The number of carbonyl (C=O) groups excluding carboxylic acids is 3. The number of benzene rings is 3. The summed E-state index contributed by atoms with van der Waals surface area (Å²) in [7, 11) is 0. The molecule has 146 valence electrons. The Kier molecular flexibility index (Phi) is 3.46. The van der Waals surface area contributed by atoms with Crippen molar-refractivity contribution in [3.63, 3.8) is 0 Å². The average molecular weight is 414 g/mol. The highest BCUT2D eigenvalue weighted by Crippen LogP contribution is 2.63. The summed E-state index contributed by atoms with van der Waals surface area (Å²) in [5.74, 6) is -2.20. The largest absolute Gasteiger partial charge is 0.302 e. The number of carbonyl (C=O) groups is 3. The van der Waals surface area contributed by atoms with Crippen molar-refractivity contribution in [1.29, 1.82) is 0 Å². The predicted octanol–water partition coefficient (Wildman–Crippen LogP) is 4.09. The number of rotatable bonds is 2. The molecule has 3 aliphatic carbocycles. The molecule has 7 rings (SSSR count). The second-order valence-corrected chi connectivity index (χ2v) is 8.57. The Morgan fingerprint density at radius 2 is 1.37 bits per heavy atom. The lowest BCUT2D eigenvalue weighted by molar-refractivity contribution is -0.128. The number of imide groups is 1. The first-order valence-electron chi connectivity index (χ1n) is 9.88. The van der Waals surface area contributed by atoms with Gasteiger partial charge >= 0.3 is 0 Å². The molecule has 5 heteroatoms. The zero-order valence-electron chi connectivity index (χ0n) is 15.8. The Morgan fingerprint density at radius 3 is 1.93 bits per heavy atom. The second kappa shape index (κ2) is 5.89. The molecular weight excluding hydrogens is 398 g/mol. The van der Waals surface area contributed by atoms with Crippen LogP contribution in [0.3, 0.4) is 0 Å². The summed E-state index contributed by atoms with van der Waals surface area (Å²) in [6.45, 7) is 0. The molecule has 0 aromatic heterocycles. The summed E-state index contributed by atoms with van der Waals surface area (Å²) in [5.41, 5.74) is 2.92. The number of hydrogen-bond acceptors (Lipinski definition) is 3. The molecule has 1 fully saturated rings. The van der Waals surface area contributed by atoms with Crippen LogP contribution in [0.2, 0.25) is 5.02 Å². The third kappa shape index (κ3) is 1.90. The minimum Gasteiger partial charge on any atom is -0.302 e. The first kappa shape index (κ1) is 17.6. The predicted molar refractivity (Wildman–Crippen MR) is 112 cm³/mol. The molecular formula is C25H16ClNO3. The van der Waals surface area contributed by atoms with Crippen LogP contribution in [0.15, 0.2) is 72.8 Å². The summed E-state index contributed by atoms with van der Waals surface area (Å²) < 4.78 is 0. The Bertz CT molecular complexity index is 1200. The van der Waals surface area contributed by atoms with Crippen molar-refractivity contribution in [1.82, 2.24) is 0 Å². The highest BCUT2D eigenvalue weighted by atomic mass is 35.5. The van der Waals surface area contributed by atoms with Crippen LogP contribution in [0, 0.1) is 11.8 Å². The highest BCUT2D eigenvalue weighted by molar-refractivity contribution is 6.31. The van der Waals surface area contributed by atoms with E-state index >= 15 is 0 Å². The minimum atomic E-state index is -1.17. The molecule has 1 heterocycles. The number of amides is 2. The SMILES string of the molecule is O=CC12c3ccccc3C(c3ccccc31)[C@H]1C(=O)N(c3ccc(Cl)cc3)C(=O)[C@@H]12. The highest BCUT2D eigenvalue weighted by Gasteiger charge is 2.68. The lowest BCUT2D eigenvalue weighted by Crippen LogP contribution is -2.54. The van der Waals surface area contributed by atoms with Crippen molar-refractivity contribution >= 4 is 35.4 Å². The van der Waals surface area contributed by atoms with Crippen LogP contribution >= 0.6 is 11.6 Å². The van der Waals surface area contributed by atoms with E-state index in [1.54, 1.807) is 24.3 Å². The molecule has 2 amide bonds. The summed E-state index contributed by atoms with van der Waals surface area (Å²) in [5, 5.41) is 0.527. The average Bonchev–Trinajstić information content (AvgIpc) is 3.05. The molecule has 3 aromatic rings. The van der Waals surface area contributed by atoms with E-state index in [4.69, 9.17) is 11.6 Å². The van der Waals surface area contributed by atoms with Crippen molar-refractivity contribution in [2.45, 2.75) is 11.3 Å². The summed E-state index contributed by atoms with van der Waals surface area (Å²) in [4.78, 5) is 41.5. The molecule has 0 spiro atoms. The molecule has 2 bridgehead atoms. The van der Waals surface area contributed by atoms with E-state index in [1.807, 2.05) is 48.5 Å². The van der Waals surface area contributed by atoms with Gasteiger partial charge in [-0.05, 0) is 46.5 Å². The van der Waals surface area contributed by atoms with Gasteiger partial charge < -0.3 is 4.79 Å². The van der Waals surface area contributed by atoms with E-state index in [0.29, 0.717) is 10.7 Å². The van der Waals surface area contributed by atoms with Gasteiger partial charge in [0.05, 0.1) is 22.9 Å². The van der Waals surface area contributed by atoms with Gasteiger partial charge in [0.2, 0.25) is 11.8 Å². The summed E-state index contributed by atoms with van der Waals surface area (Å²) in [6, 6.07) is 22.1. The van der Waals surface area contributed by atoms with Gasteiger partial charge in [-0.25, -0.2) is 4.90 Å². The van der Waals surface area contributed by atoms with Crippen molar-refractivity contribution in [3.05, 3.63) is 100 Å². The zero-order chi connectivity index (χ0) is 20.6. The molecule has 4 nitrogen and oxygen atoms in total. The van der Waals surface area contributed by atoms with E-state index in [9.17, 15) is 14.4 Å². The first-order valence-corrected chi connectivity index (χ1v) is 10.3. The van der Waals surface area contributed by atoms with Gasteiger partial charge in [-0.2, -0.15) is 0 Å². The summed E-state index contributed by atoms with van der Waals surface area (Å²) in [6.07, 6.45) is 0.883. The van der Waals surface area contributed by atoms with Crippen molar-refractivity contribution in [2.24, 2.45) is 11.8 Å². The van der Waals surface area contributed by atoms with Crippen LogP contribution < -0.4 is 4.90 Å². The lowest BCUT2D eigenvalue weighted by atomic mass is 9.48. The molecule has 0 unspecified atom stereocenters. The molecule has 30 heavy (non-hydrogen) atoms. The van der Waals surface area contributed by atoms with E-state index in [2.05, 4.69) is 0 Å². The van der Waals surface area contributed by atoms with Crippen LogP contribution in [0.1, 0.15) is 28.2 Å². The Balaban J connectivity index is 1.64. The third-order valence-electron chi connectivity index (χ3n) is 6.95. The number of aldehydes is 1. The molecule has 1 aliphatic heterocycles. The topological polar surface area (TPSA) is 54.5 Å². The summed E-state index contributed by atoms with van der Waals surface area (Å²) >= 11 is 6.00. The van der Waals surface area contributed by atoms with Crippen LogP contribution in [-0.4, -0.2) is 18.1 Å². The monoisotopic (exact) mass is 413 g/mol. The van der Waals surface area contributed by atoms with Crippen LogP contribution in [-0.2, 0) is 19.8 Å². The molecule has 1 saturated heterocycles. The number of nitrogens with zero attached hydrogens (tertiary/aromatic N) is 1. The first-order chi connectivity index (χ1) is 14.6. The van der Waals surface area contributed by atoms with E-state index in [1.165, 1.54) is 4.90 Å². The quantitative estimate of drug-likeness (QED) is 0.469. The van der Waals surface area contributed by atoms with Gasteiger partial charge in [-0.1, -0.05) is 60.1 Å². The van der Waals surface area contributed by atoms with E-state index < -0.39 is 17.3 Å². The van der Waals surface area contributed by atoms with Gasteiger partial charge in [-0.3, -0.25) is 9.59 Å².